The van der Waals surface area contributed by atoms with E-state index in [9.17, 15) is 9.59 Å². The van der Waals surface area contributed by atoms with E-state index < -0.39 is 0 Å². The van der Waals surface area contributed by atoms with E-state index in [-0.39, 0.29) is 11.8 Å². The summed E-state index contributed by atoms with van der Waals surface area (Å²) in [6.07, 6.45) is 1.56. The largest absolute Gasteiger partial charge is 0.489 e. The third-order valence-corrected chi connectivity index (χ3v) is 4.95. The van der Waals surface area contributed by atoms with Gasteiger partial charge in [-0.2, -0.15) is 5.10 Å². The molecule has 4 aromatic carbocycles. The Morgan fingerprint density at radius 3 is 2.00 bits per heavy atom. The third-order valence-electron chi connectivity index (χ3n) is 4.95. The van der Waals surface area contributed by atoms with Crippen molar-refractivity contribution in [3.8, 4) is 5.75 Å². The van der Waals surface area contributed by atoms with E-state index in [1.165, 1.54) is 0 Å². The van der Waals surface area contributed by atoms with Crippen molar-refractivity contribution in [2.75, 3.05) is 5.32 Å². The molecule has 0 atom stereocenters. The van der Waals surface area contributed by atoms with Crippen LogP contribution in [0.1, 0.15) is 31.8 Å². The van der Waals surface area contributed by atoms with Crippen LogP contribution < -0.4 is 15.5 Å². The summed E-state index contributed by atoms with van der Waals surface area (Å²) in [5, 5.41) is 6.82. The van der Waals surface area contributed by atoms with Gasteiger partial charge in [0.1, 0.15) is 12.4 Å². The normalized spacial score (nSPS) is 10.6. The number of nitrogens with zero attached hydrogens (tertiary/aromatic N) is 1. The van der Waals surface area contributed by atoms with Crippen LogP contribution in [0.2, 0.25) is 0 Å². The molecule has 168 valence electrons. The van der Waals surface area contributed by atoms with Crippen LogP contribution in [0, 0.1) is 0 Å². The topological polar surface area (TPSA) is 79.8 Å². The average molecular weight is 450 g/mol. The van der Waals surface area contributed by atoms with E-state index in [2.05, 4.69) is 15.8 Å². The lowest BCUT2D eigenvalue weighted by Gasteiger charge is -2.07. The minimum Gasteiger partial charge on any atom is -0.489 e. The van der Waals surface area contributed by atoms with Crippen LogP contribution in [0.4, 0.5) is 5.69 Å². The van der Waals surface area contributed by atoms with Crippen molar-refractivity contribution in [1.82, 2.24) is 5.43 Å². The Kier molecular flexibility index (Phi) is 7.43. The van der Waals surface area contributed by atoms with Gasteiger partial charge in [0.25, 0.3) is 11.8 Å². The van der Waals surface area contributed by atoms with Gasteiger partial charge >= 0.3 is 0 Å². The van der Waals surface area contributed by atoms with Crippen molar-refractivity contribution in [2.24, 2.45) is 5.10 Å². The number of nitrogens with one attached hydrogen (secondary N) is 2. The molecule has 4 aromatic rings. The van der Waals surface area contributed by atoms with Crippen molar-refractivity contribution in [2.45, 2.75) is 6.61 Å². The van der Waals surface area contributed by atoms with Crippen molar-refractivity contribution in [3.63, 3.8) is 0 Å². The van der Waals surface area contributed by atoms with Crippen LogP contribution in [-0.2, 0) is 6.61 Å². The lowest BCUT2D eigenvalue weighted by Crippen LogP contribution is -2.17. The molecule has 4 rings (SSSR count). The fraction of sp³-hybridized carbons (Fsp3) is 0.0357. The maximum Gasteiger partial charge on any atom is 0.271 e. The highest BCUT2D eigenvalue weighted by molar-refractivity contribution is 6.04. The summed E-state index contributed by atoms with van der Waals surface area (Å²) < 4.78 is 5.77. The van der Waals surface area contributed by atoms with Crippen molar-refractivity contribution in [3.05, 3.63) is 131 Å². The SMILES string of the molecule is O=C(NN=Cc1ccc(OCc2ccccc2)cc1)c1ccc(NC(=O)c2ccccc2)cc1. The zero-order chi connectivity index (χ0) is 23.6. The predicted molar refractivity (Wildman–Crippen MR) is 133 cm³/mol. The molecule has 34 heavy (non-hydrogen) atoms. The van der Waals surface area contributed by atoms with Crippen molar-refractivity contribution >= 4 is 23.7 Å². The van der Waals surface area contributed by atoms with Crippen LogP contribution in [0.5, 0.6) is 5.75 Å². The van der Waals surface area contributed by atoms with Crippen LogP contribution in [0.15, 0.2) is 114 Å². The molecule has 0 aliphatic heterocycles. The summed E-state index contributed by atoms with van der Waals surface area (Å²) in [5.41, 5.74) is 6.03. The quantitative estimate of drug-likeness (QED) is 0.284. The number of carbonyl (C=O) groups is 2. The van der Waals surface area contributed by atoms with Gasteiger partial charge in [-0.1, -0.05) is 48.5 Å². The zero-order valence-corrected chi connectivity index (χ0v) is 18.3. The summed E-state index contributed by atoms with van der Waals surface area (Å²) in [4.78, 5) is 24.5. The van der Waals surface area contributed by atoms with Gasteiger partial charge < -0.3 is 10.1 Å². The molecule has 2 N–H and O–H groups in total. The zero-order valence-electron chi connectivity index (χ0n) is 18.3. The fourth-order valence-corrected chi connectivity index (χ4v) is 3.12. The van der Waals surface area contributed by atoms with E-state index in [0.29, 0.717) is 23.4 Å². The first-order chi connectivity index (χ1) is 16.7. The molecular formula is C28H23N3O3. The Hall–Kier alpha value is -4.71. The number of rotatable bonds is 8. The van der Waals surface area contributed by atoms with Gasteiger partial charge in [-0.05, 0) is 71.8 Å². The number of carbonyl (C=O) groups excluding carboxylic acids is 2. The number of ether oxygens (including phenoxy) is 1. The second-order valence-corrected chi connectivity index (χ2v) is 7.44. The Bertz CT molecular complexity index is 1250. The molecule has 6 nitrogen and oxygen atoms in total. The minimum absolute atomic E-state index is 0.209. The van der Waals surface area contributed by atoms with Crippen molar-refractivity contribution < 1.29 is 14.3 Å². The molecule has 0 bridgehead atoms. The van der Waals surface area contributed by atoms with Gasteiger partial charge in [-0.3, -0.25) is 9.59 Å². The van der Waals surface area contributed by atoms with Crippen LogP contribution in [0.25, 0.3) is 0 Å². The number of benzene rings is 4. The molecule has 0 aliphatic carbocycles. The van der Waals surface area contributed by atoms with Gasteiger partial charge in [-0.15, -0.1) is 0 Å². The summed E-state index contributed by atoms with van der Waals surface area (Å²) in [6, 6.07) is 32.9. The van der Waals surface area contributed by atoms with E-state index in [0.717, 1.165) is 16.9 Å². The summed E-state index contributed by atoms with van der Waals surface area (Å²) in [7, 11) is 0. The Morgan fingerprint density at radius 2 is 1.32 bits per heavy atom. The van der Waals surface area contributed by atoms with Gasteiger partial charge in [-0.25, -0.2) is 5.43 Å². The first kappa shape index (κ1) is 22.5. The predicted octanol–water partition coefficient (Wildman–Crippen LogP) is 5.28. The first-order valence-electron chi connectivity index (χ1n) is 10.7. The van der Waals surface area contributed by atoms with Crippen LogP contribution >= 0.6 is 0 Å². The molecule has 0 aromatic heterocycles. The summed E-state index contributed by atoms with van der Waals surface area (Å²) >= 11 is 0. The summed E-state index contributed by atoms with van der Waals surface area (Å²) in [5.74, 6) is 0.198. The van der Waals surface area contributed by atoms with Gasteiger partial charge in [0.05, 0.1) is 6.21 Å². The number of anilines is 1. The highest BCUT2D eigenvalue weighted by Gasteiger charge is 2.07. The highest BCUT2D eigenvalue weighted by Crippen LogP contribution is 2.14. The maximum atomic E-state index is 12.3. The molecule has 0 saturated heterocycles. The molecule has 2 amide bonds. The monoisotopic (exact) mass is 449 g/mol. The second-order valence-electron chi connectivity index (χ2n) is 7.44. The van der Waals surface area contributed by atoms with E-state index in [4.69, 9.17) is 4.74 Å². The molecule has 0 unspecified atom stereocenters. The van der Waals surface area contributed by atoms with Gasteiger partial charge in [0, 0.05) is 16.8 Å². The molecular weight excluding hydrogens is 426 g/mol. The number of amides is 2. The standard InChI is InChI=1S/C28H23N3O3/c32-27(23-9-5-2-6-10-23)30-25-15-13-24(14-16-25)28(33)31-29-19-21-11-17-26(18-12-21)34-20-22-7-3-1-4-8-22/h1-19H,20H2,(H,30,32)(H,31,33). The van der Waals surface area contributed by atoms with Gasteiger partial charge in [0.2, 0.25) is 0 Å². The van der Waals surface area contributed by atoms with E-state index in [1.807, 2.05) is 60.7 Å². The van der Waals surface area contributed by atoms with Crippen LogP contribution in [-0.4, -0.2) is 18.0 Å². The third kappa shape index (κ3) is 6.40. The molecule has 0 spiro atoms. The molecule has 0 fully saturated rings. The summed E-state index contributed by atoms with van der Waals surface area (Å²) in [6.45, 7) is 0.499. The lowest BCUT2D eigenvalue weighted by molar-refractivity contribution is 0.0954. The fourth-order valence-electron chi connectivity index (χ4n) is 3.12. The Balaban J connectivity index is 1.26. The van der Waals surface area contributed by atoms with Crippen molar-refractivity contribution in [1.29, 1.82) is 0 Å². The molecule has 0 saturated carbocycles. The van der Waals surface area contributed by atoms with E-state index in [1.54, 1.807) is 54.7 Å². The number of hydrogen-bond donors (Lipinski definition) is 2. The second kappa shape index (κ2) is 11.2. The maximum absolute atomic E-state index is 12.3. The Morgan fingerprint density at radius 1 is 0.706 bits per heavy atom. The number of hydrazone groups is 1. The molecule has 0 aliphatic rings. The van der Waals surface area contributed by atoms with Crippen LogP contribution in [0.3, 0.4) is 0 Å². The smallest absolute Gasteiger partial charge is 0.271 e. The molecule has 6 heteroatoms. The van der Waals surface area contributed by atoms with E-state index >= 15 is 0 Å². The lowest BCUT2D eigenvalue weighted by atomic mass is 10.1. The highest BCUT2D eigenvalue weighted by atomic mass is 16.5. The van der Waals surface area contributed by atoms with Gasteiger partial charge in [0.15, 0.2) is 0 Å². The number of hydrogen-bond acceptors (Lipinski definition) is 4. The Labute approximate surface area is 197 Å². The molecule has 0 radical (unpaired) electrons. The average Bonchev–Trinajstić information content (AvgIpc) is 2.89. The first-order valence-corrected chi connectivity index (χ1v) is 10.7. The molecule has 0 heterocycles. The minimum atomic E-state index is -0.347.